The Kier molecular flexibility index (Phi) is 5.16. The van der Waals surface area contributed by atoms with Crippen LogP contribution in [-0.2, 0) is 16.1 Å². The minimum atomic E-state index is -0.178. The van der Waals surface area contributed by atoms with Crippen LogP contribution in [0.25, 0.3) is 0 Å². The van der Waals surface area contributed by atoms with Crippen LogP contribution in [0.2, 0.25) is 5.02 Å². The van der Waals surface area contributed by atoms with Crippen LogP contribution in [0.5, 0.6) is 0 Å². The van der Waals surface area contributed by atoms with E-state index in [0.717, 1.165) is 5.56 Å². The van der Waals surface area contributed by atoms with Crippen LogP contribution in [0, 0.1) is 6.92 Å². The first-order chi connectivity index (χ1) is 10.4. The summed E-state index contributed by atoms with van der Waals surface area (Å²) in [5.41, 5.74) is 2.15. The second-order valence-electron chi connectivity index (χ2n) is 4.95. The molecular formula is C15H17ClN4O2. The second kappa shape index (κ2) is 7.09. The Hall–Kier alpha value is -2.34. The normalized spacial score (nSPS) is 10.3. The van der Waals surface area contributed by atoms with Crippen molar-refractivity contribution in [3.63, 3.8) is 0 Å². The van der Waals surface area contributed by atoms with Crippen molar-refractivity contribution in [1.82, 2.24) is 9.78 Å². The van der Waals surface area contributed by atoms with Crippen LogP contribution in [-0.4, -0.2) is 21.6 Å². The van der Waals surface area contributed by atoms with E-state index in [4.69, 9.17) is 11.6 Å². The molecule has 0 atom stereocenters. The van der Waals surface area contributed by atoms with Crippen molar-refractivity contribution in [3.8, 4) is 0 Å². The standard InChI is InChI=1S/C15H17ClN4O2/c1-10-8-17-20(9-10)6-5-15(22)19-14-4-3-12(7-13(14)16)18-11(2)21/h3-4,7-9H,5-6H2,1-2H3,(H,18,21)(H,19,22). The Bertz CT molecular complexity index is 697. The monoisotopic (exact) mass is 320 g/mol. The Morgan fingerprint density at radius 2 is 2.09 bits per heavy atom. The fraction of sp³-hybridized carbons (Fsp3) is 0.267. The predicted octanol–water partition coefficient (Wildman–Crippen LogP) is 2.83. The van der Waals surface area contributed by atoms with E-state index in [1.54, 1.807) is 29.1 Å². The molecule has 1 heterocycles. The number of aromatic nitrogens is 2. The van der Waals surface area contributed by atoms with Crippen LogP contribution in [0.4, 0.5) is 11.4 Å². The molecule has 0 saturated heterocycles. The molecule has 1 aromatic carbocycles. The number of nitrogens with one attached hydrogen (secondary N) is 2. The molecular weight excluding hydrogens is 304 g/mol. The van der Waals surface area contributed by atoms with Gasteiger partial charge in [0.15, 0.2) is 0 Å². The van der Waals surface area contributed by atoms with Gasteiger partial charge in [-0.3, -0.25) is 14.3 Å². The first-order valence-corrected chi connectivity index (χ1v) is 7.18. The highest BCUT2D eigenvalue weighted by Gasteiger charge is 2.08. The molecule has 1 aromatic heterocycles. The smallest absolute Gasteiger partial charge is 0.226 e. The largest absolute Gasteiger partial charge is 0.326 e. The van der Waals surface area contributed by atoms with Gasteiger partial charge < -0.3 is 10.6 Å². The van der Waals surface area contributed by atoms with Gasteiger partial charge in [-0.2, -0.15) is 5.10 Å². The molecule has 0 unspecified atom stereocenters. The van der Waals surface area contributed by atoms with E-state index in [0.29, 0.717) is 29.4 Å². The first kappa shape index (κ1) is 16.0. The maximum absolute atomic E-state index is 11.9. The van der Waals surface area contributed by atoms with Gasteiger partial charge in [0.05, 0.1) is 16.9 Å². The zero-order chi connectivity index (χ0) is 16.1. The second-order valence-corrected chi connectivity index (χ2v) is 5.36. The number of rotatable bonds is 5. The highest BCUT2D eigenvalue weighted by molar-refractivity contribution is 6.34. The fourth-order valence-corrected chi connectivity index (χ4v) is 2.14. The van der Waals surface area contributed by atoms with Crippen molar-refractivity contribution < 1.29 is 9.59 Å². The molecule has 2 rings (SSSR count). The number of benzene rings is 1. The Morgan fingerprint density at radius 1 is 1.32 bits per heavy atom. The van der Waals surface area contributed by atoms with E-state index in [2.05, 4.69) is 15.7 Å². The maximum Gasteiger partial charge on any atom is 0.226 e. The number of nitrogens with zero attached hydrogens (tertiary/aromatic N) is 2. The topological polar surface area (TPSA) is 76.0 Å². The van der Waals surface area contributed by atoms with E-state index in [9.17, 15) is 9.59 Å². The van der Waals surface area contributed by atoms with E-state index in [1.165, 1.54) is 6.92 Å². The Balaban J connectivity index is 1.92. The Labute approximate surface area is 133 Å². The summed E-state index contributed by atoms with van der Waals surface area (Å²) in [5, 5.41) is 9.86. The minimum Gasteiger partial charge on any atom is -0.326 e. The van der Waals surface area contributed by atoms with Gasteiger partial charge in [-0.1, -0.05) is 11.6 Å². The molecule has 0 aliphatic heterocycles. The molecule has 0 saturated carbocycles. The van der Waals surface area contributed by atoms with Gasteiger partial charge in [0.1, 0.15) is 0 Å². The van der Waals surface area contributed by atoms with Crippen molar-refractivity contribution in [2.24, 2.45) is 0 Å². The van der Waals surface area contributed by atoms with Crippen LogP contribution in [0.3, 0.4) is 0 Å². The third-order valence-corrected chi connectivity index (χ3v) is 3.21. The molecule has 0 aliphatic carbocycles. The van der Waals surface area contributed by atoms with Gasteiger partial charge in [0.2, 0.25) is 11.8 Å². The summed E-state index contributed by atoms with van der Waals surface area (Å²) in [6, 6.07) is 4.93. The van der Waals surface area contributed by atoms with Crippen molar-refractivity contribution in [1.29, 1.82) is 0 Å². The molecule has 7 heteroatoms. The average molecular weight is 321 g/mol. The lowest BCUT2D eigenvalue weighted by Crippen LogP contribution is -2.15. The highest BCUT2D eigenvalue weighted by atomic mass is 35.5. The number of hydrogen-bond acceptors (Lipinski definition) is 3. The zero-order valence-electron chi connectivity index (χ0n) is 12.4. The summed E-state index contributed by atoms with van der Waals surface area (Å²) in [6.07, 6.45) is 3.92. The number of aryl methyl sites for hydroxylation is 2. The number of anilines is 2. The fourth-order valence-electron chi connectivity index (χ4n) is 1.92. The number of amides is 2. The third-order valence-electron chi connectivity index (χ3n) is 2.89. The summed E-state index contributed by atoms with van der Waals surface area (Å²) in [7, 11) is 0. The van der Waals surface area contributed by atoms with Gasteiger partial charge in [0, 0.05) is 31.8 Å². The molecule has 2 amide bonds. The quantitative estimate of drug-likeness (QED) is 0.889. The summed E-state index contributed by atoms with van der Waals surface area (Å²) >= 11 is 6.09. The number of halogens is 1. The number of carbonyl (C=O) groups is 2. The first-order valence-electron chi connectivity index (χ1n) is 6.80. The molecule has 2 N–H and O–H groups in total. The molecule has 2 aromatic rings. The zero-order valence-corrected chi connectivity index (χ0v) is 13.1. The van der Waals surface area contributed by atoms with E-state index in [-0.39, 0.29) is 11.8 Å². The summed E-state index contributed by atoms with van der Waals surface area (Å²) in [5.74, 6) is -0.329. The van der Waals surface area contributed by atoms with Gasteiger partial charge in [-0.05, 0) is 30.7 Å². The van der Waals surface area contributed by atoms with Crippen LogP contribution >= 0.6 is 11.6 Å². The molecule has 6 nitrogen and oxygen atoms in total. The summed E-state index contributed by atoms with van der Waals surface area (Å²) in [6.45, 7) is 3.86. The van der Waals surface area contributed by atoms with Gasteiger partial charge >= 0.3 is 0 Å². The Morgan fingerprint density at radius 3 is 2.68 bits per heavy atom. The molecule has 22 heavy (non-hydrogen) atoms. The van der Waals surface area contributed by atoms with Crippen LogP contribution < -0.4 is 10.6 Å². The number of carbonyl (C=O) groups excluding carboxylic acids is 2. The van der Waals surface area contributed by atoms with Crippen molar-refractivity contribution in [2.75, 3.05) is 10.6 Å². The van der Waals surface area contributed by atoms with Crippen LogP contribution in [0.15, 0.2) is 30.6 Å². The van der Waals surface area contributed by atoms with Crippen molar-refractivity contribution in [3.05, 3.63) is 41.2 Å². The molecule has 0 bridgehead atoms. The van der Waals surface area contributed by atoms with Crippen molar-refractivity contribution >= 4 is 34.8 Å². The van der Waals surface area contributed by atoms with Crippen LogP contribution in [0.1, 0.15) is 18.9 Å². The van der Waals surface area contributed by atoms with E-state index >= 15 is 0 Å². The lowest BCUT2D eigenvalue weighted by Gasteiger charge is -2.09. The molecule has 0 aliphatic rings. The lowest BCUT2D eigenvalue weighted by molar-refractivity contribution is -0.116. The summed E-state index contributed by atoms with van der Waals surface area (Å²) < 4.78 is 1.72. The maximum atomic E-state index is 11.9. The third kappa shape index (κ3) is 4.60. The minimum absolute atomic E-state index is 0.151. The lowest BCUT2D eigenvalue weighted by atomic mass is 10.2. The molecule has 0 fully saturated rings. The SMILES string of the molecule is CC(=O)Nc1ccc(NC(=O)CCn2cc(C)cn2)c(Cl)c1. The predicted molar refractivity (Wildman–Crippen MR) is 86.0 cm³/mol. The molecule has 0 radical (unpaired) electrons. The molecule has 0 spiro atoms. The molecule has 116 valence electrons. The number of hydrogen-bond donors (Lipinski definition) is 2. The summed E-state index contributed by atoms with van der Waals surface area (Å²) in [4.78, 5) is 22.9. The van der Waals surface area contributed by atoms with Gasteiger partial charge in [0.25, 0.3) is 0 Å². The van der Waals surface area contributed by atoms with Gasteiger partial charge in [-0.15, -0.1) is 0 Å². The van der Waals surface area contributed by atoms with E-state index < -0.39 is 0 Å². The van der Waals surface area contributed by atoms with E-state index in [1.807, 2.05) is 13.1 Å². The average Bonchev–Trinajstić information content (AvgIpc) is 2.85. The van der Waals surface area contributed by atoms with Gasteiger partial charge in [-0.25, -0.2) is 0 Å². The van der Waals surface area contributed by atoms with Crippen molar-refractivity contribution in [2.45, 2.75) is 26.8 Å². The highest BCUT2D eigenvalue weighted by Crippen LogP contribution is 2.25.